The van der Waals surface area contributed by atoms with E-state index >= 15 is 0 Å². The van der Waals surface area contributed by atoms with Gasteiger partial charge in [0.25, 0.3) is 0 Å². The molecule has 1 amide bonds. The molecule has 1 heterocycles. The lowest BCUT2D eigenvalue weighted by atomic mass is 10.0. The molecule has 1 aromatic rings. The van der Waals surface area contributed by atoms with Crippen molar-refractivity contribution in [3.05, 3.63) is 41.6 Å². The fourth-order valence-corrected chi connectivity index (χ4v) is 4.02. The maximum atomic E-state index is 12.9. The van der Waals surface area contributed by atoms with Crippen LogP contribution in [0, 0.1) is 11.3 Å². The summed E-state index contributed by atoms with van der Waals surface area (Å²) in [5.41, 5.74) is 3.07. The quantitative estimate of drug-likeness (QED) is 0.802. The van der Waals surface area contributed by atoms with Crippen molar-refractivity contribution >= 4 is 11.6 Å². The van der Waals surface area contributed by atoms with Gasteiger partial charge in [-0.05, 0) is 63.3 Å². The predicted octanol–water partition coefficient (Wildman–Crippen LogP) is 3.38. The van der Waals surface area contributed by atoms with Gasteiger partial charge in [0, 0.05) is 44.1 Å². The second-order valence-electron chi connectivity index (χ2n) is 7.35. The highest BCUT2D eigenvalue weighted by Crippen LogP contribution is 2.21. The molecule has 1 aliphatic heterocycles. The zero-order valence-electron chi connectivity index (χ0n) is 16.4. The van der Waals surface area contributed by atoms with Crippen molar-refractivity contribution in [2.24, 2.45) is 0 Å². The number of amides is 1. The molecule has 0 radical (unpaired) electrons. The van der Waals surface area contributed by atoms with E-state index in [9.17, 15) is 4.79 Å². The van der Waals surface area contributed by atoms with Crippen LogP contribution in [-0.4, -0.2) is 55.0 Å². The molecular weight excluding hydrogens is 336 g/mol. The van der Waals surface area contributed by atoms with Gasteiger partial charge in [0.2, 0.25) is 5.91 Å². The van der Waals surface area contributed by atoms with Gasteiger partial charge in [-0.1, -0.05) is 6.08 Å². The Morgan fingerprint density at radius 2 is 1.93 bits per heavy atom. The van der Waals surface area contributed by atoms with Gasteiger partial charge in [-0.15, -0.1) is 0 Å². The lowest BCUT2D eigenvalue weighted by molar-refractivity contribution is -0.130. The first-order chi connectivity index (χ1) is 13.2. The Balaban J connectivity index is 1.56. The monoisotopic (exact) mass is 366 g/mol. The van der Waals surface area contributed by atoms with Crippen LogP contribution in [0.2, 0.25) is 0 Å². The minimum atomic E-state index is 0.234. The molecule has 5 nitrogen and oxygen atoms in total. The number of anilines is 1. The molecule has 0 saturated carbocycles. The summed E-state index contributed by atoms with van der Waals surface area (Å²) in [5, 5.41) is 8.95. The first-order valence-electron chi connectivity index (χ1n) is 10.2. The summed E-state index contributed by atoms with van der Waals surface area (Å²) in [5.74, 6) is 0.234. The van der Waals surface area contributed by atoms with Gasteiger partial charge >= 0.3 is 0 Å². The average Bonchev–Trinajstić information content (AvgIpc) is 2.95. The fourth-order valence-electron chi connectivity index (χ4n) is 4.02. The molecule has 0 N–H and O–H groups in total. The van der Waals surface area contributed by atoms with Gasteiger partial charge in [0.1, 0.15) is 0 Å². The van der Waals surface area contributed by atoms with E-state index in [1.54, 1.807) is 0 Å². The second-order valence-corrected chi connectivity index (χ2v) is 7.35. The van der Waals surface area contributed by atoms with E-state index in [0.29, 0.717) is 12.1 Å². The molecule has 1 saturated heterocycles. The molecule has 144 valence electrons. The van der Waals surface area contributed by atoms with Gasteiger partial charge in [-0.2, -0.15) is 5.26 Å². The molecule has 0 spiro atoms. The summed E-state index contributed by atoms with van der Waals surface area (Å²) in [6.07, 6.45) is 7.86. The summed E-state index contributed by atoms with van der Waals surface area (Å²) in [4.78, 5) is 19.5. The highest BCUT2D eigenvalue weighted by Gasteiger charge is 2.22. The standard InChI is InChI=1S/C22H30N4O/c1-2-26(21-7-4-3-5-8-21)22(27)18-24-13-6-14-25(16-15-24)20-11-9-19(17-23)10-12-20/h7,9-12H,2-6,8,13-16,18H2,1H3. The van der Waals surface area contributed by atoms with Crippen molar-refractivity contribution in [1.82, 2.24) is 9.80 Å². The number of carbonyl (C=O) groups excluding carboxylic acids is 1. The summed E-state index contributed by atoms with van der Waals surface area (Å²) >= 11 is 0. The van der Waals surface area contributed by atoms with Crippen LogP contribution in [0.3, 0.4) is 0 Å². The van der Waals surface area contributed by atoms with Crippen LogP contribution in [0.5, 0.6) is 0 Å². The van der Waals surface area contributed by atoms with Crippen LogP contribution < -0.4 is 4.90 Å². The van der Waals surface area contributed by atoms with Gasteiger partial charge in [-0.3, -0.25) is 9.69 Å². The molecule has 0 aromatic heterocycles. The number of rotatable bonds is 5. The molecule has 0 atom stereocenters. The number of allylic oxidation sites excluding steroid dienone is 2. The number of nitrogens with zero attached hydrogens (tertiary/aromatic N) is 4. The van der Waals surface area contributed by atoms with Crippen LogP contribution in [-0.2, 0) is 4.79 Å². The predicted molar refractivity (Wildman–Crippen MR) is 108 cm³/mol. The lowest BCUT2D eigenvalue weighted by Gasteiger charge is -2.29. The van der Waals surface area contributed by atoms with Gasteiger partial charge in [0.05, 0.1) is 18.2 Å². The molecule has 5 heteroatoms. The van der Waals surface area contributed by atoms with Crippen LogP contribution in [0.1, 0.15) is 44.6 Å². The van der Waals surface area contributed by atoms with Crippen molar-refractivity contribution in [2.75, 3.05) is 44.2 Å². The Hall–Kier alpha value is -2.32. The zero-order chi connectivity index (χ0) is 19.1. The van der Waals surface area contributed by atoms with Gasteiger partial charge < -0.3 is 9.80 Å². The molecule has 1 aromatic carbocycles. The maximum Gasteiger partial charge on any atom is 0.240 e. The Labute approximate surface area is 162 Å². The Bertz CT molecular complexity index is 704. The third kappa shape index (κ3) is 5.11. The number of hydrogen-bond donors (Lipinski definition) is 0. The van der Waals surface area contributed by atoms with Crippen molar-refractivity contribution in [3.63, 3.8) is 0 Å². The van der Waals surface area contributed by atoms with Crippen LogP contribution in [0.15, 0.2) is 36.0 Å². The second kappa shape index (κ2) is 9.57. The van der Waals surface area contributed by atoms with Crippen molar-refractivity contribution < 1.29 is 4.79 Å². The van der Waals surface area contributed by atoms with Crippen molar-refractivity contribution in [2.45, 2.75) is 39.0 Å². The third-order valence-electron chi connectivity index (χ3n) is 5.54. The SMILES string of the molecule is CCN(C(=O)CN1CCCN(c2ccc(C#N)cc2)CC1)C1=CCCCC1. The van der Waals surface area contributed by atoms with Crippen LogP contribution >= 0.6 is 0 Å². The normalized spacial score (nSPS) is 18.4. The topological polar surface area (TPSA) is 50.6 Å². The first-order valence-corrected chi connectivity index (χ1v) is 10.2. The molecule has 3 rings (SSSR count). The third-order valence-corrected chi connectivity index (χ3v) is 5.54. The maximum absolute atomic E-state index is 12.9. The van der Waals surface area contributed by atoms with E-state index < -0.39 is 0 Å². The average molecular weight is 367 g/mol. The fraction of sp³-hybridized carbons (Fsp3) is 0.545. The molecule has 0 unspecified atom stereocenters. The molecule has 2 aliphatic rings. The highest BCUT2D eigenvalue weighted by molar-refractivity contribution is 5.80. The largest absolute Gasteiger partial charge is 0.370 e. The highest BCUT2D eigenvalue weighted by atomic mass is 16.2. The molecule has 1 aliphatic carbocycles. The number of carbonyl (C=O) groups is 1. The smallest absolute Gasteiger partial charge is 0.240 e. The first kappa shape index (κ1) is 19.4. The minimum absolute atomic E-state index is 0.234. The molecular formula is C22H30N4O. The van der Waals surface area contributed by atoms with Gasteiger partial charge in [-0.25, -0.2) is 0 Å². The number of nitriles is 1. The van der Waals surface area contributed by atoms with E-state index in [4.69, 9.17) is 5.26 Å². The van der Waals surface area contributed by atoms with Crippen molar-refractivity contribution in [3.8, 4) is 6.07 Å². The summed E-state index contributed by atoms with van der Waals surface area (Å²) in [6, 6.07) is 9.96. The number of likely N-dealkylation sites (N-methyl/N-ethyl adjacent to an activating group) is 1. The summed E-state index contributed by atoms with van der Waals surface area (Å²) < 4.78 is 0. The molecule has 1 fully saturated rings. The number of benzene rings is 1. The summed E-state index contributed by atoms with van der Waals surface area (Å²) in [7, 11) is 0. The zero-order valence-corrected chi connectivity index (χ0v) is 16.4. The summed E-state index contributed by atoms with van der Waals surface area (Å²) in [6.45, 7) is 7.08. The molecule has 0 bridgehead atoms. The minimum Gasteiger partial charge on any atom is -0.370 e. The Kier molecular flexibility index (Phi) is 6.89. The Morgan fingerprint density at radius 1 is 1.11 bits per heavy atom. The Morgan fingerprint density at radius 3 is 2.59 bits per heavy atom. The number of hydrogen-bond acceptors (Lipinski definition) is 4. The lowest BCUT2D eigenvalue weighted by Crippen LogP contribution is -2.41. The molecule has 27 heavy (non-hydrogen) atoms. The van der Waals surface area contributed by atoms with Crippen LogP contribution in [0.25, 0.3) is 0 Å². The van der Waals surface area contributed by atoms with E-state index in [1.807, 2.05) is 29.2 Å². The van der Waals surface area contributed by atoms with E-state index in [2.05, 4.69) is 28.9 Å². The van der Waals surface area contributed by atoms with E-state index in [1.165, 1.54) is 18.5 Å². The van der Waals surface area contributed by atoms with Crippen LogP contribution in [0.4, 0.5) is 5.69 Å². The van der Waals surface area contributed by atoms with Gasteiger partial charge in [0.15, 0.2) is 0 Å². The van der Waals surface area contributed by atoms with E-state index in [-0.39, 0.29) is 5.91 Å². The van der Waals surface area contributed by atoms with E-state index in [0.717, 1.165) is 57.7 Å². The van der Waals surface area contributed by atoms with Crippen molar-refractivity contribution in [1.29, 1.82) is 5.26 Å².